The highest BCUT2D eigenvalue weighted by atomic mass is 35.5. The van der Waals surface area contributed by atoms with Crippen LogP contribution in [-0.2, 0) is 9.59 Å². The molecule has 2 aliphatic carbocycles. The van der Waals surface area contributed by atoms with Crippen LogP contribution < -0.4 is 5.32 Å². The average molecular weight is 397 g/mol. The average Bonchev–Trinajstić information content (AvgIpc) is 3.46. The lowest BCUT2D eigenvalue weighted by atomic mass is 9.87. The topological polar surface area (TPSA) is 49.4 Å². The number of amides is 2. The van der Waals surface area contributed by atoms with Crippen LogP contribution in [-0.4, -0.2) is 34.7 Å². The van der Waals surface area contributed by atoms with Gasteiger partial charge in [0.15, 0.2) is 0 Å². The summed E-state index contributed by atoms with van der Waals surface area (Å²) in [5.41, 5.74) is 0.779. The second kappa shape index (κ2) is 8.62. The van der Waals surface area contributed by atoms with Crippen molar-refractivity contribution >= 4 is 35.0 Å². The molecule has 0 heterocycles. The van der Waals surface area contributed by atoms with Gasteiger partial charge in [0.2, 0.25) is 11.8 Å². The molecule has 2 amide bonds. The Labute approximate surface area is 165 Å². The lowest BCUT2D eigenvalue weighted by Gasteiger charge is -2.34. The van der Waals surface area contributed by atoms with Crippen LogP contribution in [0.4, 0.5) is 0 Å². The lowest BCUT2D eigenvalue weighted by molar-refractivity contribution is -0.140. The third-order valence-electron chi connectivity index (χ3n) is 5.42. The minimum Gasteiger partial charge on any atom is -0.351 e. The van der Waals surface area contributed by atoms with Gasteiger partial charge in [-0.25, -0.2) is 0 Å². The second-order valence-electron chi connectivity index (χ2n) is 7.59. The fourth-order valence-electron chi connectivity index (χ4n) is 3.75. The highest BCUT2D eigenvalue weighted by Crippen LogP contribution is 2.36. The molecule has 0 aromatic heterocycles. The van der Waals surface area contributed by atoms with Crippen LogP contribution >= 0.6 is 23.2 Å². The van der Waals surface area contributed by atoms with Crippen LogP contribution in [0.2, 0.25) is 5.02 Å². The molecule has 1 aromatic rings. The first-order chi connectivity index (χ1) is 12.5. The van der Waals surface area contributed by atoms with Gasteiger partial charge in [0.1, 0.15) is 11.9 Å². The third-order valence-corrected chi connectivity index (χ3v) is 5.90. The Morgan fingerprint density at radius 3 is 2.27 bits per heavy atom. The summed E-state index contributed by atoms with van der Waals surface area (Å²) in [5, 5.41) is 3.79. The Morgan fingerprint density at radius 2 is 1.73 bits per heavy atom. The van der Waals surface area contributed by atoms with Gasteiger partial charge < -0.3 is 10.2 Å². The zero-order valence-electron chi connectivity index (χ0n) is 15.1. The van der Waals surface area contributed by atoms with E-state index in [4.69, 9.17) is 23.2 Å². The molecule has 0 bridgehead atoms. The number of hydrogen-bond acceptors (Lipinski definition) is 2. The number of carbonyl (C=O) groups excluding carboxylic acids is 2. The largest absolute Gasteiger partial charge is 0.351 e. The molecule has 4 nitrogen and oxygen atoms in total. The van der Waals surface area contributed by atoms with Crippen molar-refractivity contribution in [2.75, 3.05) is 5.88 Å². The molecular formula is C20H26Cl2N2O2. The minimum atomic E-state index is -0.648. The first-order valence-corrected chi connectivity index (χ1v) is 10.3. The summed E-state index contributed by atoms with van der Waals surface area (Å²) in [6.07, 6.45) is 6.08. The maximum atomic E-state index is 13.2. The number of hydrogen-bond donors (Lipinski definition) is 1. The number of carbonyl (C=O) groups is 2. The summed E-state index contributed by atoms with van der Waals surface area (Å²) in [6, 6.07) is 6.80. The standard InChI is InChI=1S/C20H26Cl2N2O2/c1-13-2-8-16(9-3-13)23-20(26)19(14-4-6-15(22)7-5-14)24(17-10-11-17)18(25)12-21/h4-7,13,16-17,19H,2-3,8-12H2,1H3,(H,23,26). The van der Waals surface area contributed by atoms with Crippen LogP contribution in [0.5, 0.6) is 0 Å². The normalized spacial score (nSPS) is 24.0. The molecule has 26 heavy (non-hydrogen) atoms. The molecule has 3 rings (SSSR count). The first kappa shape index (κ1) is 19.5. The molecule has 2 fully saturated rings. The highest BCUT2D eigenvalue weighted by Gasteiger charge is 2.41. The van der Waals surface area contributed by atoms with Crippen LogP contribution in [0.15, 0.2) is 24.3 Å². The molecule has 142 valence electrons. The van der Waals surface area contributed by atoms with E-state index < -0.39 is 6.04 Å². The third kappa shape index (κ3) is 4.72. The fraction of sp³-hybridized carbons (Fsp3) is 0.600. The van der Waals surface area contributed by atoms with Gasteiger partial charge in [-0.2, -0.15) is 0 Å². The summed E-state index contributed by atoms with van der Waals surface area (Å²) >= 11 is 11.9. The second-order valence-corrected chi connectivity index (χ2v) is 8.29. The van der Waals surface area contributed by atoms with Gasteiger partial charge in [0, 0.05) is 17.1 Å². The van der Waals surface area contributed by atoms with Crippen molar-refractivity contribution in [2.24, 2.45) is 5.92 Å². The first-order valence-electron chi connectivity index (χ1n) is 9.42. The summed E-state index contributed by atoms with van der Waals surface area (Å²) in [5.74, 6) is 0.296. The zero-order valence-corrected chi connectivity index (χ0v) is 16.6. The predicted octanol–water partition coefficient (Wildman–Crippen LogP) is 4.31. The molecule has 1 aromatic carbocycles. The quantitative estimate of drug-likeness (QED) is 0.728. The van der Waals surface area contributed by atoms with Crippen molar-refractivity contribution in [2.45, 2.75) is 63.6 Å². The Morgan fingerprint density at radius 1 is 1.12 bits per heavy atom. The van der Waals surface area contributed by atoms with Crippen molar-refractivity contribution in [3.8, 4) is 0 Å². The van der Waals surface area contributed by atoms with E-state index in [0.717, 1.165) is 50.0 Å². The molecule has 1 unspecified atom stereocenters. The van der Waals surface area contributed by atoms with Crippen LogP contribution in [0.25, 0.3) is 0 Å². The molecule has 1 N–H and O–H groups in total. The molecule has 2 aliphatic rings. The lowest BCUT2D eigenvalue weighted by Crippen LogP contribution is -2.48. The molecule has 0 saturated heterocycles. The molecule has 2 saturated carbocycles. The monoisotopic (exact) mass is 396 g/mol. The van der Waals surface area contributed by atoms with Crippen molar-refractivity contribution in [1.29, 1.82) is 0 Å². The van der Waals surface area contributed by atoms with E-state index in [0.29, 0.717) is 5.02 Å². The number of nitrogens with zero attached hydrogens (tertiary/aromatic N) is 1. The van der Waals surface area contributed by atoms with E-state index in [1.165, 1.54) is 0 Å². The van der Waals surface area contributed by atoms with E-state index in [9.17, 15) is 9.59 Å². The molecule has 0 radical (unpaired) electrons. The van der Waals surface area contributed by atoms with Crippen molar-refractivity contribution < 1.29 is 9.59 Å². The molecular weight excluding hydrogens is 371 g/mol. The van der Waals surface area contributed by atoms with E-state index >= 15 is 0 Å². The summed E-state index contributed by atoms with van der Waals surface area (Å²) in [4.78, 5) is 27.4. The number of rotatable bonds is 6. The minimum absolute atomic E-state index is 0.0963. The number of alkyl halides is 1. The fourth-order valence-corrected chi connectivity index (χ4v) is 4.01. The van der Waals surface area contributed by atoms with E-state index in [2.05, 4.69) is 12.2 Å². The Balaban J connectivity index is 1.83. The van der Waals surface area contributed by atoms with Gasteiger partial charge in [0.05, 0.1) is 0 Å². The number of nitrogens with one attached hydrogen (secondary N) is 1. The predicted molar refractivity (Wildman–Crippen MR) is 104 cm³/mol. The van der Waals surface area contributed by atoms with Gasteiger partial charge in [-0.05, 0) is 62.1 Å². The maximum Gasteiger partial charge on any atom is 0.247 e. The summed E-state index contributed by atoms with van der Waals surface area (Å²) < 4.78 is 0. The summed E-state index contributed by atoms with van der Waals surface area (Å²) in [6.45, 7) is 2.25. The van der Waals surface area contributed by atoms with Crippen molar-refractivity contribution in [1.82, 2.24) is 10.2 Å². The molecule has 1 atom stereocenters. The van der Waals surface area contributed by atoms with Crippen LogP contribution in [0.3, 0.4) is 0 Å². The maximum absolute atomic E-state index is 13.2. The van der Waals surface area contributed by atoms with Crippen LogP contribution in [0.1, 0.15) is 57.1 Å². The molecule has 0 spiro atoms. The van der Waals surface area contributed by atoms with Crippen molar-refractivity contribution in [3.63, 3.8) is 0 Å². The Kier molecular flexibility index (Phi) is 6.46. The SMILES string of the molecule is CC1CCC(NC(=O)C(c2ccc(Cl)cc2)N(C(=O)CCl)C2CC2)CC1. The van der Waals surface area contributed by atoms with Gasteiger partial charge >= 0.3 is 0 Å². The van der Waals surface area contributed by atoms with E-state index in [1.807, 2.05) is 12.1 Å². The van der Waals surface area contributed by atoms with Gasteiger partial charge in [-0.1, -0.05) is 30.7 Å². The smallest absolute Gasteiger partial charge is 0.247 e. The van der Waals surface area contributed by atoms with Crippen LogP contribution in [0, 0.1) is 5.92 Å². The number of benzene rings is 1. The van der Waals surface area contributed by atoms with E-state index in [1.54, 1.807) is 17.0 Å². The summed E-state index contributed by atoms with van der Waals surface area (Å²) in [7, 11) is 0. The number of halogens is 2. The molecule has 0 aliphatic heterocycles. The van der Waals surface area contributed by atoms with Gasteiger partial charge in [0.25, 0.3) is 0 Å². The molecule has 6 heteroatoms. The Hall–Kier alpha value is -1.26. The van der Waals surface area contributed by atoms with E-state index in [-0.39, 0.29) is 29.8 Å². The van der Waals surface area contributed by atoms with Gasteiger partial charge in [-0.15, -0.1) is 11.6 Å². The zero-order chi connectivity index (χ0) is 18.7. The highest BCUT2D eigenvalue weighted by molar-refractivity contribution is 6.30. The van der Waals surface area contributed by atoms with Crippen molar-refractivity contribution in [3.05, 3.63) is 34.9 Å². The Bertz CT molecular complexity index is 638. The van der Waals surface area contributed by atoms with Gasteiger partial charge in [-0.3, -0.25) is 9.59 Å².